The van der Waals surface area contributed by atoms with Gasteiger partial charge in [0.1, 0.15) is 5.75 Å². The molecule has 16 heavy (non-hydrogen) atoms. The van der Waals surface area contributed by atoms with Crippen LogP contribution in [0, 0.1) is 0 Å². The van der Waals surface area contributed by atoms with Crippen LogP contribution in [0.15, 0.2) is 18.2 Å². The van der Waals surface area contributed by atoms with Crippen molar-refractivity contribution in [2.75, 3.05) is 12.8 Å². The number of nitrogen functional groups attached to an aromatic ring is 1. The lowest BCUT2D eigenvalue weighted by Crippen LogP contribution is -2.14. The summed E-state index contributed by atoms with van der Waals surface area (Å²) >= 11 is 0. The number of hydrogen-bond donors (Lipinski definition) is 2. The largest absolute Gasteiger partial charge is 0.490 e. The van der Waals surface area contributed by atoms with Gasteiger partial charge in [0.15, 0.2) is 0 Å². The zero-order valence-electron chi connectivity index (χ0n) is 9.83. The third kappa shape index (κ3) is 2.67. The Morgan fingerprint density at radius 1 is 1.38 bits per heavy atom. The van der Waals surface area contributed by atoms with Gasteiger partial charge in [0.25, 0.3) is 0 Å². The van der Waals surface area contributed by atoms with Crippen molar-refractivity contribution < 1.29 is 4.74 Å². The van der Waals surface area contributed by atoms with Crippen molar-refractivity contribution in [1.29, 1.82) is 0 Å². The van der Waals surface area contributed by atoms with E-state index < -0.39 is 0 Å². The summed E-state index contributed by atoms with van der Waals surface area (Å²) in [5, 5.41) is 3.14. The number of nitrogens with one attached hydrogen (secondary N) is 1. The Morgan fingerprint density at radius 3 is 2.81 bits per heavy atom. The van der Waals surface area contributed by atoms with E-state index in [0.29, 0.717) is 6.10 Å². The van der Waals surface area contributed by atoms with Gasteiger partial charge in [-0.1, -0.05) is 0 Å². The molecule has 88 valence electrons. The normalized spacial score (nSPS) is 16.6. The second-order valence-corrected chi connectivity index (χ2v) is 4.42. The van der Waals surface area contributed by atoms with E-state index in [-0.39, 0.29) is 0 Å². The molecule has 0 aromatic heterocycles. The highest BCUT2D eigenvalue weighted by molar-refractivity contribution is 5.47. The minimum Gasteiger partial charge on any atom is -0.490 e. The van der Waals surface area contributed by atoms with E-state index in [2.05, 4.69) is 5.32 Å². The predicted octanol–water partition coefficient (Wildman–Crippen LogP) is 2.31. The average molecular weight is 220 g/mol. The van der Waals surface area contributed by atoms with Crippen LogP contribution in [0.25, 0.3) is 0 Å². The third-order valence-corrected chi connectivity index (χ3v) is 3.05. The molecule has 3 N–H and O–H groups in total. The van der Waals surface area contributed by atoms with Gasteiger partial charge in [0.05, 0.1) is 6.10 Å². The molecule has 1 aromatic carbocycles. The standard InChI is InChI=1S/C13H20N2O/c1-15-9-10-8-11(14)6-7-13(10)16-12-4-2-3-5-12/h6-8,12,15H,2-5,9,14H2,1H3. The monoisotopic (exact) mass is 220 g/mol. The summed E-state index contributed by atoms with van der Waals surface area (Å²) < 4.78 is 6.02. The molecular weight excluding hydrogens is 200 g/mol. The van der Waals surface area contributed by atoms with Crippen LogP contribution in [0.1, 0.15) is 31.2 Å². The number of rotatable bonds is 4. The Labute approximate surface area is 97.0 Å². The van der Waals surface area contributed by atoms with E-state index in [1.165, 1.54) is 25.7 Å². The summed E-state index contributed by atoms with van der Waals surface area (Å²) in [6.45, 7) is 0.799. The lowest BCUT2D eigenvalue weighted by Gasteiger charge is -2.16. The van der Waals surface area contributed by atoms with Crippen LogP contribution >= 0.6 is 0 Å². The molecule has 0 heterocycles. The first-order valence-corrected chi connectivity index (χ1v) is 5.99. The van der Waals surface area contributed by atoms with Crippen molar-refractivity contribution in [3.05, 3.63) is 23.8 Å². The molecule has 2 rings (SSSR count). The molecule has 0 aliphatic heterocycles. The van der Waals surface area contributed by atoms with Crippen molar-refractivity contribution in [2.45, 2.75) is 38.3 Å². The Kier molecular flexibility index (Phi) is 3.67. The lowest BCUT2D eigenvalue weighted by atomic mass is 10.1. The zero-order chi connectivity index (χ0) is 11.4. The van der Waals surface area contributed by atoms with Gasteiger partial charge in [0, 0.05) is 17.8 Å². The fraction of sp³-hybridized carbons (Fsp3) is 0.538. The molecule has 0 spiro atoms. The molecule has 0 bridgehead atoms. The molecule has 1 aromatic rings. The molecule has 0 saturated heterocycles. The Hall–Kier alpha value is -1.22. The molecule has 1 aliphatic carbocycles. The Balaban J connectivity index is 2.11. The van der Waals surface area contributed by atoms with Gasteiger partial charge < -0.3 is 15.8 Å². The van der Waals surface area contributed by atoms with Crippen LogP contribution in [0.5, 0.6) is 5.75 Å². The van der Waals surface area contributed by atoms with Crippen molar-refractivity contribution >= 4 is 5.69 Å². The van der Waals surface area contributed by atoms with Gasteiger partial charge in [-0.25, -0.2) is 0 Å². The number of benzene rings is 1. The van der Waals surface area contributed by atoms with Crippen LogP contribution in [-0.2, 0) is 6.54 Å². The summed E-state index contributed by atoms with van der Waals surface area (Å²) in [6.07, 6.45) is 5.36. The maximum Gasteiger partial charge on any atom is 0.124 e. The molecule has 0 unspecified atom stereocenters. The summed E-state index contributed by atoms with van der Waals surface area (Å²) in [5.41, 5.74) is 7.73. The molecule has 0 radical (unpaired) electrons. The molecular formula is C13H20N2O. The lowest BCUT2D eigenvalue weighted by molar-refractivity contribution is 0.207. The Bertz CT molecular complexity index is 346. The van der Waals surface area contributed by atoms with Gasteiger partial charge in [-0.3, -0.25) is 0 Å². The number of hydrogen-bond acceptors (Lipinski definition) is 3. The highest BCUT2D eigenvalue weighted by Gasteiger charge is 2.17. The summed E-state index contributed by atoms with van der Waals surface area (Å²) in [6, 6.07) is 5.88. The number of ether oxygens (including phenoxy) is 1. The highest BCUT2D eigenvalue weighted by atomic mass is 16.5. The summed E-state index contributed by atoms with van der Waals surface area (Å²) in [7, 11) is 1.93. The summed E-state index contributed by atoms with van der Waals surface area (Å²) in [5.74, 6) is 0.982. The smallest absolute Gasteiger partial charge is 0.124 e. The fourth-order valence-corrected chi connectivity index (χ4v) is 2.23. The molecule has 0 amide bonds. The molecule has 1 saturated carbocycles. The minimum atomic E-state index is 0.402. The molecule has 0 atom stereocenters. The maximum atomic E-state index is 6.02. The Morgan fingerprint density at radius 2 is 2.12 bits per heavy atom. The zero-order valence-corrected chi connectivity index (χ0v) is 9.83. The van der Waals surface area contributed by atoms with Crippen LogP contribution < -0.4 is 15.8 Å². The topological polar surface area (TPSA) is 47.3 Å². The number of nitrogens with two attached hydrogens (primary N) is 1. The maximum absolute atomic E-state index is 6.02. The summed E-state index contributed by atoms with van der Waals surface area (Å²) in [4.78, 5) is 0. The quantitative estimate of drug-likeness (QED) is 0.765. The van der Waals surface area contributed by atoms with Gasteiger partial charge >= 0.3 is 0 Å². The van der Waals surface area contributed by atoms with Crippen LogP contribution in [0.2, 0.25) is 0 Å². The van der Waals surface area contributed by atoms with Gasteiger partial charge in [-0.2, -0.15) is 0 Å². The minimum absolute atomic E-state index is 0.402. The van der Waals surface area contributed by atoms with Crippen LogP contribution in [0.3, 0.4) is 0 Å². The molecule has 3 nitrogen and oxygen atoms in total. The van der Waals surface area contributed by atoms with E-state index >= 15 is 0 Å². The number of anilines is 1. The van der Waals surface area contributed by atoms with Crippen molar-refractivity contribution in [3.63, 3.8) is 0 Å². The average Bonchev–Trinajstić information content (AvgIpc) is 2.75. The van der Waals surface area contributed by atoms with Gasteiger partial charge in [-0.05, 0) is 50.9 Å². The molecule has 1 fully saturated rings. The van der Waals surface area contributed by atoms with E-state index in [0.717, 1.165) is 23.5 Å². The van der Waals surface area contributed by atoms with Crippen LogP contribution in [0.4, 0.5) is 5.69 Å². The first-order valence-electron chi connectivity index (χ1n) is 5.99. The predicted molar refractivity (Wildman–Crippen MR) is 66.5 cm³/mol. The molecule has 1 aliphatic rings. The first kappa shape index (κ1) is 11.3. The van der Waals surface area contributed by atoms with E-state index in [1.54, 1.807) is 0 Å². The van der Waals surface area contributed by atoms with Crippen LogP contribution in [-0.4, -0.2) is 13.2 Å². The van der Waals surface area contributed by atoms with E-state index in [1.807, 2.05) is 25.2 Å². The van der Waals surface area contributed by atoms with Crippen molar-refractivity contribution in [3.8, 4) is 5.75 Å². The van der Waals surface area contributed by atoms with Crippen molar-refractivity contribution in [2.24, 2.45) is 0 Å². The highest BCUT2D eigenvalue weighted by Crippen LogP contribution is 2.27. The second kappa shape index (κ2) is 5.21. The van der Waals surface area contributed by atoms with Gasteiger partial charge in [0.2, 0.25) is 0 Å². The van der Waals surface area contributed by atoms with Gasteiger partial charge in [-0.15, -0.1) is 0 Å². The SMILES string of the molecule is CNCc1cc(N)ccc1OC1CCCC1. The van der Waals surface area contributed by atoms with E-state index in [4.69, 9.17) is 10.5 Å². The third-order valence-electron chi connectivity index (χ3n) is 3.05. The fourth-order valence-electron chi connectivity index (χ4n) is 2.23. The second-order valence-electron chi connectivity index (χ2n) is 4.42. The van der Waals surface area contributed by atoms with Crippen molar-refractivity contribution in [1.82, 2.24) is 5.32 Å². The molecule has 3 heteroatoms. The van der Waals surface area contributed by atoms with E-state index in [9.17, 15) is 0 Å². The first-order chi connectivity index (χ1) is 7.79.